The van der Waals surface area contributed by atoms with E-state index in [1.54, 1.807) is 6.20 Å². The lowest BCUT2D eigenvalue weighted by molar-refractivity contribution is -0.129. The molecule has 1 unspecified atom stereocenters. The number of amides is 1. The molecule has 2 rings (SSSR count). The third kappa shape index (κ3) is 3.06. The summed E-state index contributed by atoms with van der Waals surface area (Å²) in [4.78, 5) is 17.7. The molecule has 5 heteroatoms. The van der Waals surface area contributed by atoms with Gasteiger partial charge in [0.05, 0.1) is 18.8 Å². The molecule has 0 bridgehead atoms. The van der Waals surface area contributed by atoms with Crippen LogP contribution in [0, 0.1) is 6.92 Å². The lowest BCUT2D eigenvalue weighted by Crippen LogP contribution is -2.37. The van der Waals surface area contributed by atoms with E-state index in [9.17, 15) is 4.79 Å². The smallest absolute Gasteiger partial charge is 0.236 e. The first-order valence-electron chi connectivity index (χ1n) is 5.99. The predicted octanol–water partition coefficient (Wildman–Crippen LogP) is 1.25. The van der Waals surface area contributed by atoms with Gasteiger partial charge in [0, 0.05) is 13.1 Å². The SMILES string of the molecule is Cc1cnc(C(C)NCC(=O)N(C)C2CC2)o1. The maximum Gasteiger partial charge on any atom is 0.236 e. The van der Waals surface area contributed by atoms with Crippen LogP contribution in [0.15, 0.2) is 10.6 Å². The fourth-order valence-electron chi connectivity index (χ4n) is 1.69. The number of hydrogen-bond acceptors (Lipinski definition) is 4. The Kier molecular flexibility index (Phi) is 3.47. The van der Waals surface area contributed by atoms with Crippen molar-refractivity contribution in [3.8, 4) is 0 Å². The maximum atomic E-state index is 11.8. The van der Waals surface area contributed by atoms with Gasteiger partial charge in [-0.05, 0) is 26.7 Å². The number of likely N-dealkylation sites (N-methyl/N-ethyl adjacent to an activating group) is 1. The molecule has 0 radical (unpaired) electrons. The van der Waals surface area contributed by atoms with E-state index in [1.165, 1.54) is 0 Å². The van der Waals surface area contributed by atoms with Crippen LogP contribution in [-0.2, 0) is 4.79 Å². The van der Waals surface area contributed by atoms with E-state index in [0.717, 1.165) is 18.6 Å². The van der Waals surface area contributed by atoms with E-state index >= 15 is 0 Å². The molecule has 1 aliphatic carbocycles. The molecule has 1 heterocycles. The molecule has 1 aromatic heterocycles. The van der Waals surface area contributed by atoms with E-state index < -0.39 is 0 Å². The van der Waals surface area contributed by atoms with Crippen molar-refractivity contribution in [1.82, 2.24) is 15.2 Å². The summed E-state index contributed by atoms with van der Waals surface area (Å²) >= 11 is 0. The number of rotatable bonds is 5. The van der Waals surface area contributed by atoms with Gasteiger partial charge >= 0.3 is 0 Å². The van der Waals surface area contributed by atoms with Crippen molar-refractivity contribution in [1.29, 1.82) is 0 Å². The normalized spacial score (nSPS) is 16.9. The number of carbonyl (C=O) groups is 1. The van der Waals surface area contributed by atoms with Crippen molar-refractivity contribution >= 4 is 5.91 Å². The van der Waals surface area contributed by atoms with Crippen LogP contribution in [0.4, 0.5) is 0 Å². The van der Waals surface area contributed by atoms with Crippen LogP contribution in [0.25, 0.3) is 0 Å². The zero-order valence-corrected chi connectivity index (χ0v) is 10.6. The van der Waals surface area contributed by atoms with E-state index in [-0.39, 0.29) is 11.9 Å². The molecule has 1 aromatic rings. The van der Waals surface area contributed by atoms with Gasteiger partial charge in [-0.1, -0.05) is 0 Å². The molecule has 0 spiro atoms. The highest BCUT2D eigenvalue weighted by Gasteiger charge is 2.29. The predicted molar refractivity (Wildman–Crippen MR) is 63.4 cm³/mol. The number of oxazole rings is 1. The molecule has 17 heavy (non-hydrogen) atoms. The van der Waals surface area contributed by atoms with E-state index in [1.807, 2.05) is 25.8 Å². The van der Waals surface area contributed by atoms with E-state index in [0.29, 0.717) is 18.5 Å². The fourth-order valence-corrected chi connectivity index (χ4v) is 1.69. The van der Waals surface area contributed by atoms with Gasteiger partial charge in [-0.2, -0.15) is 0 Å². The molecule has 1 N–H and O–H groups in total. The summed E-state index contributed by atoms with van der Waals surface area (Å²) in [5.74, 6) is 1.54. The standard InChI is InChI=1S/C12H19N3O2/c1-8-6-14-12(17-8)9(2)13-7-11(16)15(3)10-4-5-10/h6,9-10,13H,4-5,7H2,1-3H3. The highest BCUT2D eigenvalue weighted by atomic mass is 16.4. The summed E-state index contributed by atoms with van der Waals surface area (Å²) in [6.07, 6.45) is 3.96. The van der Waals surface area contributed by atoms with Gasteiger partial charge in [-0.25, -0.2) is 4.98 Å². The lowest BCUT2D eigenvalue weighted by atomic mass is 10.3. The minimum atomic E-state index is -0.0414. The second kappa shape index (κ2) is 4.87. The highest BCUT2D eigenvalue weighted by Crippen LogP contribution is 2.25. The van der Waals surface area contributed by atoms with Crippen LogP contribution in [0.2, 0.25) is 0 Å². The summed E-state index contributed by atoms with van der Waals surface area (Å²) < 4.78 is 5.40. The van der Waals surface area contributed by atoms with Crippen molar-refractivity contribution in [2.24, 2.45) is 0 Å². The van der Waals surface area contributed by atoms with Gasteiger partial charge in [-0.3, -0.25) is 10.1 Å². The van der Waals surface area contributed by atoms with Crippen LogP contribution >= 0.6 is 0 Å². The molecule has 0 aromatic carbocycles. The molecule has 1 atom stereocenters. The number of nitrogens with one attached hydrogen (secondary N) is 1. The Morgan fingerprint density at radius 2 is 2.41 bits per heavy atom. The molecule has 0 saturated heterocycles. The number of aromatic nitrogens is 1. The van der Waals surface area contributed by atoms with Crippen LogP contribution in [0.1, 0.15) is 37.5 Å². The van der Waals surface area contributed by atoms with Crippen LogP contribution < -0.4 is 5.32 Å². The molecule has 0 aliphatic heterocycles. The van der Waals surface area contributed by atoms with Crippen molar-refractivity contribution in [3.63, 3.8) is 0 Å². The quantitative estimate of drug-likeness (QED) is 0.837. The summed E-state index contributed by atoms with van der Waals surface area (Å²) in [6, 6.07) is 0.420. The average Bonchev–Trinajstić information content (AvgIpc) is 3.07. The van der Waals surface area contributed by atoms with Gasteiger partial charge in [0.2, 0.25) is 11.8 Å². The molecule has 1 saturated carbocycles. The number of aryl methyl sites for hydroxylation is 1. The van der Waals surface area contributed by atoms with Crippen LogP contribution in [0.3, 0.4) is 0 Å². The van der Waals surface area contributed by atoms with Crippen LogP contribution in [0.5, 0.6) is 0 Å². The first-order valence-corrected chi connectivity index (χ1v) is 5.99. The summed E-state index contributed by atoms with van der Waals surface area (Å²) in [7, 11) is 1.86. The molecule has 1 aliphatic rings. The summed E-state index contributed by atoms with van der Waals surface area (Å²) in [5, 5.41) is 3.13. The third-order valence-electron chi connectivity index (χ3n) is 3.06. The van der Waals surface area contributed by atoms with Crippen molar-refractivity contribution in [2.75, 3.05) is 13.6 Å². The number of hydrogen-bond donors (Lipinski definition) is 1. The first-order chi connectivity index (χ1) is 8.08. The molecular weight excluding hydrogens is 218 g/mol. The van der Waals surface area contributed by atoms with Gasteiger partial charge in [-0.15, -0.1) is 0 Å². The van der Waals surface area contributed by atoms with Gasteiger partial charge in [0.1, 0.15) is 5.76 Å². The second-order valence-corrected chi connectivity index (χ2v) is 4.65. The minimum absolute atomic E-state index is 0.0414. The van der Waals surface area contributed by atoms with Gasteiger partial charge < -0.3 is 9.32 Å². The van der Waals surface area contributed by atoms with Crippen molar-refractivity contribution in [3.05, 3.63) is 17.8 Å². The Morgan fingerprint density at radius 1 is 1.71 bits per heavy atom. The zero-order chi connectivity index (χ0) is 12.4. The Labute approximate surface area is 101 Å². The van der Waals surface area contributed by atoms with E-state index in [4.69, 9.17) is 4.42 Å². The molecule has 5 nitrogen and oxygen atoms in total. The van der Waals surface area contributed by atoms with Gasteiger partial charge in [0.25, 0.3) is 0 Å². The monoisotopic (exact) mass is 237 g/mol. The summed E-state index contributed by atoms with van der Waals surface area (Å²) in [5.41, 5.74) is 0. The summed E-state index contributed by atoms with van der Waals surface area (Å²) in [6.45, 7) is 4.13. The second-order valence-electron chi connectivity index (χ2n) is 4.65. The average molecular weight is 237 g/mol. The molecule has 94 valence electrons. The fraction of sp³-hybridized carbons (Fsp3) is 0.667. The molecular formula is C12H19N3O2. The Bertz CT molecular complexity index is 398. The first kappa shape index (κ1) is 12.1. The maximum absolute atomic E-state index is 11.8. The van der Waals surface area contributed by atoms with Crippen molar-refractivity contribution in [2.45, 2.75) is 38.8 Å². The Morgan fingerprint density at radius 3 is 2.94 bits per heavy atom. The largest absolute Gasteiger partial charge is 0.444 e. The molecule has 1 amide bonds. The Balaban J connectivity index is 1.79. The molecule has 1 fully saturated rings. The van der Waals surface area contributed by atoms with Gasteiger partial charge in [0.15, 0.2) is 0 Å². The highest BCUT2D eigenvalue weighted by molar-refractivity contribution is 5.78. The Hall–Kier alpha value is -1.36. The van der Waals surface area contributed by atoms with Crippen molar-refractivity contribution < 1.29 is 9.21 Å². The van der Waals surface area contributed by atoms with Crippen LogP contribution in [-0.4, -0.2) is 35.4 Å². The number of carbonyl (C=O) groups excluding carboxylic acids is 1. The zero-order valence-electron chi connectivity index (χ0n) is 10.6. The van der Waals surface area contributed by atoms with E-state index in [2.05, 4.69) is 10.3 Å². The third-order valence-corrected chi connectivity index (χ3v) is 3.06. The topological polar surface area (TPSA) is 58.4 Å². The number of nitrogens with zero attached hydrogens (tertiary/aromatic N) is 2. The lowest BCUT2D eigenvalue weighted by Gasteiger charge is -2.17. The minimum Gasteiger partial charge on any atom is -0.444 e.